The SMILES string of the molecule is Cc1ccc(C(=O)CCC(=O)NC(CC(N)=O)C(=O)O)cc1. The van der Waals surface area contributed by atoms with Crippen LogP contribution in [0.3, 0.4) is 0 Å². The number of carbonyl (C=O) groups excluding carboxylic acids is 3. The Morgan fingerprint density at radius 2 is 1.73 bits per heavy atom. The normalized spacial score (nSPS) is 11.5. The summed E-state index contributed by atoms with van der Waals surface area (Å²) in [6.07, 6.45) is -0.694. The lowest BCUT2D eigenvalue weighted by Gasteiger charge is -2.12. The number of carboxylic acids is 1. The van der Waals surface area contributed by atoms with Gasteiger partial charge in [-0.25, -0.2) is 4.79 Å². The molecule has 7 heteroatoms. The lowest BCUT2D eigenvalue weighted by Crippen LogP contribution is -2.43. The number of aliphatic carboxylic acids is 1. The molecule has 0 bridgehead atoms. The zero-order chi connectivity index (χ0) is 16.7. The molecule has 0 radical (unpaired) electrons. The average Bonchev–Trinajstić information content (AvgIpc) is 2.44. The van der Waals surface area contributed by atoms with Crippen molar-refractivity contribution in [3.8, 4) is 0 Å². The Balaban J connectivity index is 2.51. The van der Waals surface area contributed by atoms with Crippen LogP contribution >= 0.6 is 0 Å². The Morgan fingerprint density at radius 1 is 1.14 bits per heavy atom. The van der Waals surface area contributed by atoms with E-state index in [-0.39, 0.29) is 18.6 Å². The topological polar surface area (TPSA) is 127 Å². The van der Waals surface area contributed by atoms with Crippen LogP contribution in [0, 0.1) is 6.92 Å². The quantitative estimate of drug-likeness (QED) is 0.599. The number of primary amides is 1. The standard InChI is InChI=1S/C15H18N2O5/c1-9-2-4-10(5-3-9)12(18)6-7-14(20)17-11(15(21)22)8-13(16)19/h2-5,11H,6-8H2,1H3,(H2,16,19)(H,17,20)(H,21,22). The van der Waals surface area contributed by atoms with E-state index in [1.165, 1.54) is 0 Å². The molecule has 22 heavy (non-hydrogen) atoms. The summed E-state index contributed by atoms with van der Waals surface area (Å²) in [4.78, 5) is 45.1. The summed E-state index contributed by atoms with van der Waals surface area (Å²) in [6, 6.07) is 5.55. The molecule has 4 N–H and O–H groups in total. The zero-order valence-corrected chi connectivity index (χ0v) is 12.2. The van der Waals surface area contributed by atoms with Crippen molar-refractivity contribution in [1.29, 1.82) is 0 Å². The third-order valence-electron chi connectivity index (χ3n) is 2.99. The summed E-state index contributed by atoms with van der Waals surface area (Å²) in [7, 11) is 0. The van der Waals surface area contributed by atoms with Gasteiger partial charge in [-0.1, -0.05) is 29.8 Å². The van der Waals surface area contributed by atoms with E-state index in [0.717, 1.165) is 5.56 Å². The third kappa shape index (κ3) is 5.74. The molecular weight excluding hydrogens is 288 g/mol. The fourth-order valence-electron chi connectivity index (χ4n) is 1.78. The summed E-state index contributed by atoms with van der Waals surface area (Å²) in [6.45, 7) is 1.90. The molecule has 0 aromatic heterocycles. The number of hydrogen-bond acceptors (Lipinski definition) is 4. The molecule has 0 saturated carbocycles. The van der Waals surface area contributed by atoms with E-state index < -0.39 is 30.2 Å². The maximum atomic E-state index is 11.9. The molecule has 0 aliphatic heterocycles. The van der Waals surface area contributed by atoms with Crippen LogP contribution in [-0.2, 0) is 14.4 Å². The van der Waals surface area contributed by atoms with Gasteiger partial charge >= 0.3 is 5.97 Å². The number of rotatable bonds is 8. The van der Waals surface area contributed by atoms with Crippen LogP contribution in [0.2, 0.25) is 0 Å². The number of aryl methyl sites for hydroxylation is 1. The smallest absolute Gasteiger partial charge is 0.326 e. The van der Waals surface area contributed by atoms with Crippen LogP contribution in [0.5, 0.6) is 0 Å². The van der Waals surface area contributed by atoms with E-state index in [1.54, 1.807) is 24.3 Å². The molecule has 1 atom stereocenters. The van der Waals surface area contributed by atoms with E-state index >= 15 is 0 Å². The van der Waals surface area contributed by atoms with E-state index in [4.69, 9.17) is 10.8 Å². The van der Waals surface area contributed by atoms with Gasteiger partial charge in [0.2, 0.25) is 11.8 Å². The fourth-order valence-corrected chi connectivity index (χ4v) is 1.78. The van der Waals surface area contributed by atoms with Crippen molar-refractivity contribution in [3.05, 3.63) is 35.4 Å². The highest BCUT2D eigenvalue weighted by molar-refractivity contribution is 5.98. The first-order valence-corrected chi connectivity index (χ1v) is 6.70. The number of carboxylic acid groups (broad SMARTS) is 1. The zero-order valence-electron chi connectivity index (χ0n) is 12.2. The Labute approximate surface area is 127 Å². The predicted octanol–water partition coefficient (Wildman–Crippen LogP) is 0.403. The molecule has 0 aliphatic carbocycles. The van der Waals surface area contributed by atoms with Gasteiger partial charge in [-0.05, 0) is 6.92 Å². The number of amides is 2. The largest absolute Gasteiger partial charge is 0.480 e. The predicted molar refractivity (Wildman–Crippen MR) is 78.1 cm³/mol. The van der Waals surface area contributed by atoms with Crippen molar-refractivity contribution in [2.75, 3.05) is 0 Å². The molecule has 2 amide bonds. The van der Waals surface area contributed by atoms with Crippen molar-refractivity contribution < 1.29 is 24.3 Å². The van der Waals surface area contributed by atoms with Crippen LogP contribution in [0.25, 0.3) is 0 Å². The Kier molecular flexibility index (Phi) is 6.25. The molecule has 118 valence electrons. The number of hydrogen-bond donors (Lipinski definition) is 3. The van der Waals surface area contributed by atoms with E-state index in [1.807, 2.05) is 6.92 Å². The molecule has 1 rings (SSSR count). The van der Waals surface area contributed by atoms with Crippen LogP contribution in [-0.4, -0.2) is 34.7 Å². The fraction of sp³-hybridized carbons (Fsp3) is 0.333. The number of carbonyl (C=O) groups is 4. The number of ketones is 1. The van der Waals surface area contributed by atoms with Gasteiger partial charge in [0.05, 0.1) is 6.42 Å². The molecular formula is C15H18N2O5. The van der Waals surface area contributed by atoms with Crippen molar-refractivity contribution >= 4 is 23.6 Å². The molecule has 1 aromatic rings. The highest BCUT2D eigenvalue weighted by Crippen LogP contribution is 2.07. The monoisotopic (exact) mass is 306 g/mol. The van der Waals surface area contributed by atoms with Gasteiger partial charge in [-0.15, -0.1) is 0 Å². The average molecular weight is 306 g/mol. The Hall–Kier alpha value is -2.70. The van der Waals surface area contributed by atoms with E-state index in [0.29, 0.717) is 5.56 Å². The second kappa shape index (κ2) is 7.92. The first-order chi connectivity index (χ1) is 10.3. The maximum Gasteiger partial charge on any atom is 0.326 e. The van der Waals surface area contributed by atoms with Crippen molar-refractivity contribution in [3.63, 3.8) is 0 Å². The minimum absolute atomic E-state index is 0.0438. The molecule has 0 heterocycles. The van der Waals surface area contributed by atoms with Gasteiger partial charge in [-0.3, -0.25) is 14.4 Å². The number of nitrogens with two attached hydrogens (primary N) is 1. The lowest BCUT2D eigenvalue weighted by molar-refractivity contribution is -0.143. The number of Topliss-reactive ketones (excluding diaryl/α,β-unsaturated/α-hetero) is 1. The molecule has 1 unspecified atom stereocenters. The molecule has 0 spiro atoms. The van der Waals surface area contributed by atoms with Crippen LogP contribution in [0.1, 0.15) is 35.2 Å². The van der Waals surface area contributed by atoms with Crippen LogP contribution in [0.4, 0.5) is 0 Å². The van der Waals surface area contributed by atoms with Crippen molar-refractivity contribution in [2.45, 2.75) is 32.2 Å². The number of nitrogens with one attached hydrogen (secondary N) is 1. The number of benzene rings is 1. The lowest BCUT2D eigenvalue weighted by atomic mass is 10.0. The first kappa shape index (κ1) is 17.4. The summed E-state index contributed by atoms with van der Waals surface area (Å²) in [5.41, 5.74) is 6.42. The van der Waals surface area contributed by atoms with Gasteiger partial charge < -0.3 is 16.2 Å². The van der Waals surface area contributed by atoms with Gasteiger partial charge in [0.25, 0.3) is 0 Å². The molecule has 0 saturated heterocycles. The minimum Gasteiger partial charge on any atom is -0.480 e. The highest BCUT2D eigenvalue weighted by atomic mass is 16.4. The maximum absolute atomic E-state index is 11.9. The molecule has 0 fully saturated rings. The minimum atomic E-state index is -1.38. The van der Waals surface area contributed by atoms with Crippen molar-refractivity contribution in [1.82, 2.24) is 5.32 Å². The van der Waals surface area contributed by atoms with Gasteiger partial charge in [-0.2, -0.15) is 0 Å². The summed E-state index contributed by atoms with van der Waals surface area (Å²) in [5, 5.41) is 11.0. The highest BCUT2D eigenvalue weighted by Gasteiger charge is 2.22. The molecule has 1 aromatic carbocycles. The summed E-state index contributed by atoms with van der Waals surface area (Å²) in [5.74, 6) is -3.01. The van der Waals surface area contributed by atoms with Crippen LogP contribution < -0.4 is 11.1 Å². The second-order valence-corrected chi connectivity index (χ2v) is 4.92. The van der Waals surface area contributed by atoms with Gasteiger partial charge in [0.1, 0.15) is 6.04 Å². The van der Waals surface area contributed by atoms with Gasteiger partial charge in [0.15, 0.2) is 5.78 Å². The first-order valence-electron chi connectivity index (χ1n) is 6.70. The van der Waals surface area contributed by atoms with Crippen LogP contribution in [0.15, 0.2) is 24.3 Å². The Morgan fingerprint density at radius 3 is 2.23 bits per heavy atom. The summed E-state index contributed by atoms with van der Waals surface area (Å²) >= 11 is 0. The third-order valence-corrected chi connectivity index (χ3v) is 2.99. The Bertz CT molecular complexity index is 580. The molecule has 0 aliphatic rings. The van der Waals surface area contributed by atoms with Gasteiger partial charge in [0, 0.05) is 18.4 Å². The molecule has 7 nitrogen and oxygen atoms in total. The van der Waals surface area contributed by atoms with Crippen molar-refractivity contribution in [2.24, 2.45) is 5.73 Å². The van der Waals surface area contributed by atoms with E-state index in [2.05, 4.69) is 5.32 Å². The summed E-state index contributed by atoms with van der Waals surface area (Å²) < 4.78 is 0. The second-order valence-electron chi connectivity index (χ2n) is 4.92. The van der Waals surface area contributed by atoms with E-state index in [9.17, 15) is 19.2 Å².